The highest BCUT2D eigenvalue weighted by molar-refractivity contribution is 7.89. The Morgan fingerprint density at radius 2 is 1.68 bits per heavy atom. The first-order valence-corrected chi connectivity index (χ1v) is 8.79. The van der Waals surface area contributed by atoms with Gasteiger partial charge in [-0.2, -0.15) is 0 Å². The van der Waals surface area contributed by atoms with Gasteiger partial charge in [0.1, 0.15) is 0 Å². The summed E-state index contributed by atoms with van der Waals surface area (Å²) in [7, 11) is -3.82. The molecular formula is C15H11ClN4O4S. The molecule has 2 aromatic carbocycles. The van der Waals surface area contributed by atoms with Crippen molar-refractivity contribution in [3.05, 3.63) is 59.1 Å². The molecule has 0 unspecified atom stereocenters. The number of rotatable bonds is 4. The van der Waals surface area contributed by atoms with Gasteiger partial charge in [-0.1, -0.05) is 16.7 Å². The van der Waals surface area contributed by atoms with Crippen molar-refractivity contribution in [1.29, 1.82) is 0 Å². The number of hydrogen-bond donors (Lipinski definition) is 2. The maximum atomic E-state index is 12.1. The molecule has 128 valence electrons. The Morgan fingerprint density at radius 1 is 1.04 bits per heavy atom. The van der Waals surface area contributed by atoms with E-state index in [4.69, 9.17) is 21.2 Å². The number of benzene rings is 2. The first-order valence-electron chi connectivity index (χ1n) is 6.86. The van der Waals surface area contributed by atoms with Gasteiger partial charge in [-0.05, 0) is 48.5 Å². The van der Waals surface area contributed by atoms with Crippen LogP contribution in [-0.2, 0) is 10.0 Å². The number of anilines is 1. The van der Waals surface area contributed by atoms with Gasteiger partial charge in [0.05, 0.1) is 4.90 Å². The number of aromatic nitrogens is 2. The Hall–Kier alpha value is -2.75. The summed E-state index contributed by atoms with van der Waals surface area (Å²) >= 11 is 5.81. The van der Waals surface area contributed by atoms with Crippen LogP contribution in [0.3, 0.4) is 0 Å². The van der Waals surface area contributed by atoms with Gasteiger partial charge in [0, 0.05) is 16.1 Å². The SMILES string of the molecule is NS(=O)(=O)c1ccc(C(=O)Nc2nnc(-c3ccc(Cl)cc3)o2)cc1. The van der Waals surface area contributed by atoms with E-state index in [9.17, 15) is 13.2 Å². The predicted molar refractivity (Wildman–Crippen MR) is 90.5 cm³/mol. The molecule has 3 rings (SSSR count). The highest BCUT2D eigenvalue weighted by atomic mass is 35.5. The lowest BCUT2D eigenvalue weighted by Gasteiger charge is -2.02. The Kier molecular flexibility index (Phi) is 4.53. The number of halogens is 1. The molecule has 1 amide bonds. The Labute approximate surface area is 147 Å². The lowest BCUT2D eigenvalue weighted by atomic mass is 10.2. The zero-order valence-corrected chi connectivity index (χ0v) is 14.1. The monoisotopic (exact) mass is 378 g/mol. The Balaban J connectivity index is 1.74. The summed E-state index contributed by atoms with van der Waals surface area (Å²) in [4.78, 5) is 12.0. The van der Waals surface area contributed by atoms with Crippen molar-refractivity contribution >= 4 is 33.5 Å². The van der Waals surface area contributed by atoms with Crippen LogP contribution in [0.4, 0.5) is 6.01 Å². The molecule has 0 radical (unpaired) electrons. The topological polar surface area (TPSA) is 128 Å². The summed E-state index contributed by atoms with van der Waals surface area (Å²) in [5, 5.41) is 15.6. The van der Waals surface area contributed by atoms with Crippen molar-refractivity contribution in [1.82, 2.24) is 10.2 Å². The third kappa shape index (κ3) is 4.02. The Morgan fingerprint density at radius 3 is 2.28 bits per heavy atom. The fourth-order valence-electron chi connectivity index (χ4n) is 1.95. The van der Waals surface area contributed by atoms with Crippen molar-refractivity contribution in [2.45, 2.75) is 4.90 Å². The molecule has 1 heterocycles. The number of nitrogens with two attached hydrogens (primary N) is 1. The molecule has 0 fully saturated rings. The van der Waals surface area contributed by atoms with Crippen molar-refractivity contribution in [3.8, 4) is 11.5 Å². The Bertz CT molecular complexity index is 1010. The molecule has 10 heteroatoms. The molecule has 0 atom stereocenters. The van der Waals surface area contributed by atoms with E-state index in [2.05, 4.69) is 15.5 Å². The molecule has 3 aromatic rings. The molecule has 0 spiro atoms. The lowest BCUT2D eigenvalue weighted by Crippen LogP contribution is -2.14. The van der Waals surface area contributed by atoms with Crippen molar-refractivity contribution in [3.63, 3.8) is 0 Å². The van der Waals surface area contributed by atoms with Gasteiger partial charge in [-0.25, -0.2) is 13.6 Å². The van der Waals surface area contributed by atoms with E-state index in [1.165, 1.54) is 24.3 Å². The standard InChI is InChI=1S/C15H11ClN4O4S/c16-11-5-1-10(2-6-11)14-19-20-15(24-14)18-13(21)9-3-7-12(8-4-9)25(17,22)23/h1-8H,(H2,17,22,23)(H,18,20,21). The molecule has 0 saturated carbocycles. The quantitative estimate of drug-likeness (QED) is 0.716. The van der Waals surface area contributed by atoms with Crippen LogP contribution in [0.5, 0.6) is 0 Å². The highest BCUT2D eigenvalue weighted by Crippen LogP contribution is 2.22. The lowest BCUT2D eigenvalue weighted by molar-refractivity contribution is 0.102. The minimum absolute atomic E-state index is 0.0909. The maximum absolute atomic E-state index is 12.1. The van der Waals surface area contributed by atoms with Gasteiger partial charge in [0.15, 0.2) is 0 Å². The van der Waals surface area contributed by atoms with Crippen LogP contribution in [0.25, 0.3) is 11.5 Å². The number of primary sulfonamides is 1. The van der Waals surface area contributed by atoms with Crippen LogP contribution in [0.2, 0.25) is 5.02 Å². The molecule has 8 nitrogen and oxygen atoms in total. The fraction of sp³-hybridized carbons (Fsp3) is 0. The van der Waals surface area contributed by atoms with E-state index in [1.54, 1.807) is 24.3 Å². The van der Waals surface area contributed by atoms with Gasteiger partial charge in [0.25, 0.3) is 5.91 Å². The van der Waals surface area contributed by atoms with Gasteiger partial charge in [-0.3, -0.25) is 10.1 Å². The molecule has 0 aliphatic carbocycles. The first kappa shape index (κ1) is 17.1. The zero-order chi connectivity index (χ0) is 18.0. The molecule has 0 aliphatic rings. The highest BCUT2D eigenvalue weighted by Gasteiger charge is 2.14. The largest absolute Gasteiger partial charge is 0.403 e. The summed E-state index contributed by atoms with van der Waals surface area (Å²) in [6.07, 6.45) is 0. The van der Waals surface area contributed by atoms with Gasteiger partial charge in [0.2, 0.25) is 15.9 Å². The third-order valence-corrected chi connectivity index (χ3v) is 4.36. The molecule has 25 heavy (non-hydrogen) atoms. The molecular weight excluding hydrogens is 368 g/mol. The van der Waals surface area contributed by atoms with E-state index in [1.807, 2.05) is 0 Å². The number of hydrogen-bond acceptors (Lipinski definition) is 6. The fourth-order valence-corrected chi connectivity index (χ4v) is 2.59. The number of carbonyl (C=O) groups is 1. The second-order valence-corrected chi connectivity index (χ2v) is 6.94. The zero-order valence-electron chi connectivity index (χ0n) is 12.5. The maximum Gasteiger partial charge on any atom is 0.322 e. The predicted octanol–water partition coefficient (Wildman–Crippen LogP) is 2.29. The van der Waals surface area contributed by atoms with Crippen molar-refractivity contribution < 1.29 is 17.6 Å². The van der Waals surface area contributed by atoms with Crippen LogP contribution in [0, 0.1) is 0 Å². The van der Waals surface area contributed by atoms with E-state index in [0.717, 1.165) is 0 Å². The van der Waals surface area contributed by atoms with Crippen LogP contribution in [0.15, 0.2) is 57.8 Å². The van der Waals surface area contributed by atoms with Gasteiger partial charge < -0.3 is 4.42 Å². The average Bonchev–Trinajstić information content (AvgIpc) is 3.03. The second-order valence-electron chi connectivity index (χ2n) is 4.94. The summed E-state index contributed by atoms with van der Waals surface area (Å²) in [6.45, 7) is 0. The molecule has 3 N–H and O–H groups in total. The van der Waals surface area contributed by atoms with Crippen LogP contribution in [0.1, 0.15) is 10.4 Å². The smallest absolute Gasteiger partial charge is 0.322 e. The van der Waals surface area contributed by atoms with Crippen molar-refractivity contribution in [2.75, 3.05) is 5.32 Å². The molecule has 0 saturated heterocycles. The number of nitrogens with zero attached hydrogens (tertiary/aromatic N) is 2. The third-order valence-electron chi connectivity index (χ3n) is 3.18. The summed E-state index contributed by atoms with van der Waals surface area (Å²) in [5.74, 6) is -0.316. The van der Waals surface area contributed by atoms with Crippen LogP contribution < -0.4 is 10.5 Å². The minimum atomic E-state index is -3.82. The first-order chi connectivity index (χ1) is 11.8. The number of nitrogens with one attached hydrogen (secondary N) is 1. The van der Waals surface area contributed by atoms with E-state index in [-0.39, 0.29) is 22.4 Å². The summed E-state index contributed by atoms with van der Waals surface area (Å²) < 4.78 is 27.8. The normalized spacial score (nSPS) is 11.3. The van der Waals surface area contributed by atoms with E-state index < -0.39 is 15.9 Å². The number of carbonyl (C=O) groups excluding carboxylic acids is 1. The van der Waals surface area contributed by atoms with Crippen LogP contribution in [-0.4, -0.2) is 24.5 Å². The van der Waals surface area contributed by atoms with Gasteiger partial charge in [-0.15, -0.1) is 5.10 Å². The van der Waals surface area contributed by atoms with Gasteiger partial charge >= 0.3 is 6.01 Å². The van der Waals surface area contributed by atoms with Crippen LogP contribution >= 0.6 is 11.6 Å². The minimum Gasteiger partial charge on any atom is -0.403 e. The molecule has 1 aromatic heterocycles. The van der Waals surface area contributed by atoms with Crippen molar-refractivity contribution in [2.24, 2.45) is 5.14 Å². The number of sulfonamides is 1. The molecule has 0 aliphatic heterocycles. The second kappa shape index (κ2) is 6.63. The average molecular weight is 379 g/mol. The molecule has 0 bridgehead atoms. The number of amides is 1. The summed E-state index contributed by atoms with van der Waals surface area (Å²) in [6, 6.07) is 11.8. The van der Waals surface area contributed by atoms with E-state index >= 15 is 0 Å². The van der Waals surface area contributed by atoms with E-state index in [0.29, 0.717) is 10.6 Å². The summed E-state index contributed by atoms with van der Waals surface area (Å²) in [5.41, 5.74) is 0.855.